The monoisotopic (exact) mass is 724 g/mol. The number of unbranched alkanes of at least 4 members (excludes halogenated alkanes) is 15. The Hall–Kier alpha value is -2.46. The van der Waals surface area contributed by atoms with Crippen LogP contribution in [0.15, 0.2) is 0 Å². The second-order valence-electron chi connectivity index (χ2n) is 19.0. The maximum Gasteiger partial charge on any atom is 0.0243 e. The summed E-state index contributed by atoms with van der Waals surface area (Å²) in [6, 6.07) is 0. The smallest absolute Gasteiger partial charge is 0.0243 e. The maximum absolute atomic E-state index is 2.86. The molecule has 10 rings (SSSR count). The molecule has 3 heteroatoms. The molecule has 3 aliphatic carbocycles. The normalized spacial score (nSPS) is 17.8. The zero-order valence-electron chi connectivity index (χ0n) is 34.6. The molecular formula is C51H69N3. The van der Waals surface area contributed by atoms with Crippen molar-refractivity contribution in [3.05, 3.63) is 66.8 Å². The third-order valence-electron chi connectivity index (χ3n) is 15.4. The first-order valence-corrected chi connectivity index (χ1v) is 23.5. The first kappa shape index (κ1) is 35.9. The summed E-state index contributed by atoms with van der Waals surface area (Å²) < 4.78 is 0. The molecule has 0 unspecified atom stereocenters. The molecule has 0 amide bonds. The molecule has 0 spiro atoms. The second kappa shape index (κ2) is 15.1. The Morgan fingerprint density at radius 2 is 0.463 bits per heavy atom. The van der Waals surface area contributed by atoms with Gasteiger partial charge in [0, 0.05) is 39.3 Å². The Labute approximate surface area is 327 Å². The summed E-state index contributed by atoms with van der Waals surface area (Å²) in [6.07, 6.45) is 28.7. The standard InChI is InChI=1S/C51H69N3/c1-4-7-10-13-16-19-22-52-28-40-34-25-36-42-30-53(23-20-17-14-11-8-5-2)32-44(42)38-27-39-45-33-54(24-21-18-15-12-9-6-3)31-43(45)37-26-35(41(40)29-52)47-46(34)48(36)50(38)51(39)49(37)47/h4-33H2,1-3H3. The first-order chi connectivity index (χ1) is 26.7. The minimum atomic E-state index is 1.20. The Morgan fingerprint density at radius 1 is 0.259 bits per heavy atom. The average Bonchev–Trinajstić information content (AvgIpc) is 4.02. The van der Waals surface area contributed by atoms with Gasteiger partial charge in [0.25, 0.3) is 0 Å². The Bertz CT molecular complexity index is 1720. The molecule has 0 N–H and O–H groups in total. The predicted molar refractivity (Wildman–Crippen MR) is 230 cm³/mol. The highest BCUT2D eigenvalue weighted by molar-refractivity contribution is 6.34. The number of hydrogen-bond acceptors (Lipinski definition) is 3. The quantitative estimate of drug-likeness (QED) is 0.0540. The molecule has 0 saturated carbocycles. The van der Waals surface area contributed by atoms with Crippen LogP contribution in [0, 0.1) is 0 Å². The number of benzene rings is 4. The van der Waals surface area contributed by atoms with Crippen molar-refractivity contribution in [2.24, 2.45) is 0 Å². The third kappa shape index (κ3) is 5.83. The Kier molecular flexibility index (Phi) is 10.1. The van der Waals surface area contributed by atoms with Gasteiger partial charge in [-0.3, -0.25) is 14.7 Å². The molecule has 3 nitrogen and oxygen atoms in total. The van der Waals surface area contributed by atoms with Crippen molar-refractivity contribution in [2.75, 3.05) is 19.6 Å². The van der Waals surface area contributed by atoms with Crippen LogP contribution in [0.4, 0.5) is 0 Å². The van der Waals surface area contributed by atoms with Crippen molar-refractivity contribution in [2.45, 2.75) is 195 Å². The molecule has 0 atom stereocenters. The van der Waals surface area contributed by atoms with Gasteiger partial charge in [-0.25, -0.2) is 0 Å². The Morgan fingerprint density at radius 3 is 0.685 bits per heavy atom. The topological polar surface area (TPSA) is 9.72 Å². The molecule has 4 aromatic rings. The highest BCUT2D eigenvalue weighted by Gasteiger charge is 2.43. The van der Waals surface area contributed by atoms with E-state index in [1.807, 2.05) is 0 Å². The molecule has 3 aliphatic heterocycles. The minimum Gasteiger partial charge on any atom is -0.295 e. The fraction of sp³-hybridized carbons (Fsp3) is 0.647. The van der Waals surface area contributed by atoms with Gasteiger partial charge in [0.05, 0.1) is 0 Å². The molecule has 54 heavy (non-hydrogen) atoms. The van der Waals surface area contributed by atoms with Gasteiger partial charge in [-0.05, 0) is 157 Å². The van der Waals surface area contributed by atoms with Crippen LogP contribution >= 0.6 is 0 Å². The lowest BCUT2D eigenvalue weighted by atomic mass is 9.88. The van der Waals surface area contributed by atoms with E-state index in [0.717, 1.165) is 0 Å². The van der Waals surface area contributed by atoms with Gasteiger partial charge >= 0.3 is 0 Å². The van der Waals surface area contributed by atoms with E-state index in [9.17, 15) is 0 Å². The SMILES string of the molecule is CCCCCCCCN1Cc2c(c3c4c5c2Cc2c6c(c7c(c25)c2c(c5c(c(c42)C3)CN(CCCCCCCC)C5)C7)CN(CCCCCCCC)C6)C1. The lowest BCUT2D eigenvalue weighted by Gasteiger charge is -2.15. The molecule has 3 heterocycles. The first-order valence-electron chi connectivity index (χ1n) is 23.5. The molecule has 6 aliphatic rings. The van der Waals surface area contributed by atoms with Crippen molar-refractivity contribution < 1.29 is 0 Å². The van der Waals surface area contributed by atoms with E-state index >= 15 is 0 Å². The highest BCUT2D eigenvalue weighted by Crippen LogP contribution is 2.59. The van der Waals surface area contributed by atoms with Crippen LogP contribution in [0.1, 0.15) is 203 Å². The molecule has 0 saturated heterocycles. The zero-order valence-corrected chi connectivity index (χ0v) is 34.6. The lowest BCUT2D eigenvalue weighted by Crippen LogP contribution is -2.18. The molecule has 0 bridgehead atoms. The van der Waals surface area contributed by atoms with Gasteiger partial charge in [-0.1, -0.05) is 117 Å². The van der Waals surface area contributed by atoms with Crippen LogP contribution in [0.3, 0.4) is 0 Å². The molecule has 0 radical (unpaired) electrons. The van der Waals surface area contributed by atoms with Gasteiger partial charge in [-0.2, -0.15) is 0 Å². The highest BCUT2D eigenvalue weighted by atomic mass is 15.1. The number of hydrogen-bond donors (Lipinski definition) is 0. The zero-order chi connectivity index (χ0) is 36.3. The van der Waals surface area contributed by atoms with Crippen molar-refractivity contribution in [1.29, 1.82) is 0 Å². The summed E-state index contributed by atoms with van der Waals surface area (Å²) in [6.45, 7) is 18.0. The van der Waals surface area contributed by atoms with E-state index in [4.69, 9.17) is 0 Å². The fourth-order valence-electron chi connectivity index (χ4n) is 12.7. The van der Waals surface area contributed by atoms with Gasteiger partial charge in [0.2, 0.25) is 0 Å². The van der Waals surface area contributed by atoms with Crippen LogP contribution in [-0.4, -0.2) is 34.3 Å². The van der Waals surface area contributed by atoms with Crippen molar-refractivity contribution in [3.63, 3.8) is 0 Å². The van der Waals surface area contributed by atoms with E-state index in [2.05, 4.69) is 35.5 Å². The van der Waals surface area contributed by atoms with Gasteiger partial charge in [0.1, 0.15) is 0 Å². The summed E-state index contributed by atoms with van der Waals surface area (Å²) in [5.41, 5.74) is 21.2. The van der Waals surface area contributed by atoms with Crippen LogP contribution in [-0.2, 0) is 58.5 Å². The van der Waals surface area contributed by atoms with E-state index in [-0.39, 0.29) is 0 Å². The third-order valence-corrected chi connectivity index (χ3v) is 15.4. The van der Waals surface area contributed by atoms with Crippen molar-refractivity contribution in [1.82, 2.24) is 14.7 Å². The number of rotatable bonds is 21. The molecule has 4 aromatic carbocycles. The van der Waals surface area contributed by atoms with Crippen LogP contribution in [0.5, 0.6) is 0 Å². The van der Waals surface area contributed by atoms with E-state index in [1.165, 1.54) is 194 Å². The summed E-state index contributed by atoms with van der Waals surface area (Å²) in [5, 5.41) is 10.5. The van der Waals surface area contributed by atoms with Crippen molar-refractivity contribution >= 4 is 32.3 Å². The summed E-state index contributed by atoms with van der Waals surface area (Å²) in [4.78, 5) is 8.58. The minimum absolute atomic E-state index is 1.20. The van der Waals surface area contributed by atoms with E-state index in [1.54, 1.807) is 99.1 Å². The summed E-state index contributed by atoms with van der Waals surface area (Å²) in [5.74, 6) is 0. The van der Waals surface area contributed by atoms with E-state index in [0.29, 0.717) is 0 Å². The number of fused-ring (bicyclic) bond motifs is 9. The van der Waals surface area contributed by atoms with Gasteiger partial charge in [-0.15, -0.1) is 0 Å². The van der Waals surface area contributed by atoms with Crippen LogP contribution < -0.4 is 0 Å². The number of nitrogens with zero attached hydrogens (tertiary/aromatic N) is 3. The summed E-state index contributed by atoms with van der Waals surface area (Å²) in [7, 11) is 0. The van der Waals surface area contributed by atoms with Gasteiger partial charge in [0.15, 0.2) is 0 Å². The summed E-state index contributed by atoms with van der Waals surface area (Å²) >= 11 is 0. The van der Waals surface area contributed by atoms with Crippen LogP contribution in [0.2, 0.25) is 0 Å². The average molecular weight is 724 g/mol. The van der Waals surface area contributed by atoms with E-state index < -0.39 is 0 Å². The molecular weight excluding hydrogens is 655 g/mol. The maximum atomic E-state index is 2.86. The van der Waals surface area contributed by atoms with Crippen LogP contribution in [0.25, 0.3) is 32.3 Å². The van der Waals surface area contributed by atoms with Crippen molar-refractivity contribution in [3.8, 4) is 0 Å². The van der Waals surface area contributed by atoms with Gasteiger partial charge < -0.3 is 0 Å². The Balaban J connectivity index is 1.01. The fourth-order valence-corrected chi connectivity index (χ4v) is 12.7. The molecule has 0 aromatic heterocycles. The molecule has 288 valence electrons. The lowest BCUT2D eigenvalue weighted by molar-refractivity contribution is 0.275. The predicted octanol–water partition coefficient (Wildman–Crippen LogP) is 12.9. The second-order valence-corrected chi connectivity index (χ2v) is 19.0. The molecule has 0 fully saturated rings. The largest absolute Gasteiger partial charge is 0.295 e.